The number of nitrogens with two attached hydrogens (primary N) is 1. The van der Waals surface area contributed by atoms with Crippen LogP contribution in [0.2, 0.25) is 0 Å². The number of unbranched alkanes of at least 4 members (excludes halogenated alkanes) is 1. The molecule has 166 valence electrons. The molecule has 0 aliphatic heterocycles. The zero-order valence-corrected chi connectivity index (χ0v) is 18.1. The summed E-state index contributed by atoms with van der Waals surface area (Å²) in [4.78, 5) is 20.7. The predicted molar refractivity (Wildman–Crippen MR) is 117 cm³/mol. The van der Waals surface area contributed by atoms with E-state index >= 15 is 0 Å². The minimum Gasteiger partial charge on any atom is -0.491 e. The Labute approximate surface area is 176 Å². The van der Waals surface area contributed by atoms with Crippen LogP contribution in [0.4, 0.5) is 16.4 Å². The van der Waals surface area contributed by atoms with Gasteiger partial charge in [-0.15, -0.1) is 0 Å². The summed E-state index contributed by atoms with van der Waals surface area (Å²) >= 11 is 0. The normalized spacial score (nSPS) is 11.2. The molecule has 1 amide bonds. The summed E-state index contributed by atoms with van der Waals surface area (Å²) in [6, 6.07) is 5.49. The molecule has 0 aliphatic carbocycles. The van der Waals surface area contributed by atoms with Gasteiger partial charge in [0.05, 0.1) is 17.6 Å². The van der Waals surface area contributed by atoms with Crippen molar-refractivity contribution in [2.24, 2.45) is 5.84 Å². The maximum absolute atomic E-state index is 11.6. The Morgan fingerprint density at radius 3 is 2.50 bits per heavy atom. The van der Waals surface area contributed by atoms with Crippen LogP contribution >= 0.6 is 0 Å². The van der Waals surface area contributed by atoms with Crippen molar-refractivity contribution >= 4 is 28.8 Å². The van der Waals surface area contributed by atoms with Gasteiger partial charge in [-0.25, -0.2) is 20.6 Å². The van der Waals surface area contributed by atoms with Gasteiger partial charge in [-0.3, -0.25) is 0 Å². The van der Waals surface area contributed by atoms with Crippen molar-refractivity contribution in [2.75, 3.05) is 44.2 Å². The molecule has 2 rings (SSSR count). The van der Waals surface area contributed by atoms with Crippen LogP contribution in [0.25, 0.3) is 11.0 Å². The first-order chi connectivity index (χ1) is 14.3. The van der Waals surface area contributed by atoms with Crippen LogP contribution in [0.3, 0.4) is 0 Å². The fourth-order valence-corrected chi connectivity index (χ4v) is 2.55. The van der Waals surface area contributed by atoms with Gasteiger partial charge >= 0.3 is 6.09 Å². The third-order valence-corrected chi connectivity index (χ3v) is 3.89. The first kappa shape index (κ1) is 23.4. The predicted octanol–water partition coefficient (Wildman–Crippen LogP) is 2.66. The number of anilines is 2. The molecule has 10 nitrogen and oxygen atoms in total. The first-order valence-corrected chi connectivity index (χ1v) is 9.93. The van der Waals surface area contributed by atoms with Crippen LogP contribution in [0, 0.1) is 0 Å². The number of methoxy groups -OCH3 is 1. The number of nitrogens with one attached hydrogen (secondary N) is 3. The summed E-state index contributed by atoms with van der Waals surface area (Å²) in [5.74, 6) is 7.31. The summed E-state index contributed by atoms with van der Waals surface area (Å²) in [5.41, 5.74) is 3.47. The van der Waals surface area contributed by atoms with Crippen LogP contribution < -0.4 is 26.6 Å². The smallest absolute Gasteiger partial charge is 0.407 e. The van der Waals surface area contributed by atoms with Crippen LogP contribution in [0.1, 0.15) is 33.6 Å². The molecule has 0 spiro atoms. The minimum atomic E-state index is -0.499. The second-order valence-electron chi connectivity index (χ2n) is 7.62. The van der Waals surface area contributed by atoms with E-state index in [1.54, 1.807) is 7.11 Å². The SMILES string of the molecule is COCCOc1ccc2nc(NN)c(NCCCCNC(=O)OC(C)(C)C)nc2c1. The van der Waals surface area contributed by atoms with E-state index in [0.717, 1.165) is 12.8 Å². The number of hydrogen-bond acceptors (Lipinski definition) is 9. The molecule has 10 heteroatoms. The van der Waals surface area contributed by atoms with Crippen molar-refractivity contribution in [3.63, 3.8) is 0 Å². The number of benzene rings is 1. The standard InChI is InChI=1S/C20H32N6O4/c1-20(2,3)30-19(27)23-10-6-5-9-22-17-18(26-21)24-15-8-7-14(13-16(15)25-17)29-12-11-28-4/h7-8,13H,5-6,9-12,21H2,1-4H3,(H,22,25)(H,23,27)(H,24,26). The number of aromatic nitrogens is 2. The number of carbonyl (C=O) groups excluding carboxylic acids is 1. The zero-order chi connectivity index (χ0) is 22.0. The number of rotatable bonds is 11. The van der Waals surface area contributed by atoms with E-state index in [1.165, 1.54) is 0 Å². The maximum Gasteiger partial charge on any atom is 0.407 e. The van der Waals surface area contributed by atoms with Crippen molar-refractivity contribution < 1.29 is 19.0 Å². The molecule has 1 heterocycles. The highest BCUT2D eigenvalue weighted by molar-refractivity contribution is 5.81. The molecule has 0 saturated carbocycles. The molecule has 0 saturated heterocycles. The van der Waals surface area contributed by atoms with Gasteiger partial charge in [0.15, 0.2) is 11.6 Å². The minimum absolute atomic E-state index is 0.408. The lowest BCUT2D eigenvalue weighted by Crippen LogP contribution is -2.33. The Morgan fingerprint density at radius 1 is 1.07 bits per heavy atom. The van der Waals surface area contributed by atoms with Gasteiger partial charge in [-0.1, -0.05) is 0 Å². The van der Waals surface area contributed by atoms with E-state index in [4.69, 9.17) is 20.1 Å². The number of ether oxygens (including phenoxy) is 3. The number of amides is 1. The fourth-order valence-electron chi connectivity index (χ4n) is 2.55. The van der Waals surface area contributed by atoms with E-state index < -0.39 is 11.7 Å². The highest BCUT2D eigenvalue weighted by Gasteiger charge is 2.15. The fraction of sp³-hybridized carbons (Fsp3) is 0.550. The molecular formula is C20H32N6O4. The molecule has 0 radical (unpaired) electrons. The van der Waals surface area contributed by atoms with Gasteiger partial charge in [-0.05, 0) is 45.7 Å². The van der Waals surface area contributed by atoms with Gasteiger partial charge in [0.2, 0.25) is 0 Å². The second-order valence-corrected chi connectivity index (χ2v) is 7.62. The largest absolute Gasteiger partial charge is 0.491 e. The Morgan fingerprint density at radius 2 is 1.80 bits per heavy atom. The van der Waals surface area contributed by atoms with Crippen molar-refractivity contribution in [3.8, 4) is 5.75 Å². The molecule has 5 N–H and O–H groups in total. The van der Waals surface area contributed by atoms with Gasteiger partial charge in [-0.2, -0.15) is 0 Å². The number of carbonyl (C=O) groups is 1. The van der Waals surface area contributed by atoms with Crippen molar-refractivity contribution in [2.45, 2.75) is 39.2 Å². The van der Waals surface area contributed by atoms with Crippen LogP contribution in [0.15, 0.2) is 18.2 Å². The molecule has 0 unspecified atom stereocenters. The van der Waals surface area contributed by atoms with Crippen LogP contribution in [-0.2, 0) is 9.47 Å². The van der Waals surface area contributed by atoms with Crippen molar-refractivity contribution in [1.82, 2.24) is 15.3 Å². The van der Waals surface area contributed by atoms with Gasteiger partial charge in [0.1, 0.15) is 18.0 Å². The number of fused-ring (bicyclic) bond motifs is 1. The summed E-state index contributed by atoms with van der Waals surface area (Å²) in [6.07, 6.45) is 1.20. The average Bonchev–Trinajstić information content (AvgIpc) is 2.68. The van der Waals surface area contributed by atoms with Gasteiger partial charge in [0.25, 0.3) is 0 Å². The number of hydrazine groups is 1. The summed E-state index contributed by atoms with van der Waals surface area (Å²) < 4.78 is 15.8. The number of nitrogens with zero attached hydrogens (tertiary/aromatic N) is 2. The lowest BCUT2D eigenvalue weighted by atomic mass is 10.2. The van der Waals surface area contributed by atoms with E-state index in [-0.39, 0.29) is 0 Å². The zero-order valence-electron chi connectivity index (χ0n) is 18.1. The summed E-state index contributed by atoms with van der Waals surface area (Å²) in [6.45, 7) is 7.64. The quantitative estimate of drug-likeness (QED) is 0.246. The van der Waals surface area contributed by atoms with Crippen LogP contribution in [0.5, 0.6) is 5.75 Å². The Hall–Kier alpha value is -2.85. The third-order valence-electron chi connectivity index (χ3n) is 3.89. The monoisotopic (exact) mass is 420 g/mol. The van der Waals surface area contributed by atoms with Crippen molar-refractivity contribution in [1.29, 1.82) is 0 Å². The third kappa shape index (κ3) is 7.88. The highest BCUT2D eigenvalue weighted by Crippen LogP contribution is 2.24. The molecule has 0 atom stereocenters. The van der Waals surface area contributed by atoms with Crippen LogP contribution in [-0.4, -0.2) is 55.1 Å². The Bertz CT molecular complexity index is 825. The molecule has 2 aromatic rings. The molecule has 0 fully saturated rings. The second kappa shape index (κ2) is 11.4. The molecule has 1 aromatic heterocycles. The molecule has 30 heavy (non-hydrogen) atoms. The number of alkyl carbamates (subject to hydrolysis) is 1. The van der Waals surface area contributed by atoms with Crippen molar-refractivity contribution in [3.05, 3.63) is 18.2 Å². The number of hydrogen-bond donors (Lipinski definition) is 4. The van der Waals surface area contributed by atoms with E-state index in [2.05, 4.69) is 26.0 Å². The average molecular weight is 421 g/mol. The van der Waals surface area contributed by atoms with E-state index in [0.29, 0.717) is 54.7 Å². The lowest BCUT2D eigenvalue weighted by molar-refractivity contribution is 0.0527. The topological polar surface area (TPSA) is 133 Å². The molecule has 0 bridgehead atoms. The molecular weight excluding hydrogens is 388 g/mol. The highest BCUT2D eigenvalue weighted by atomic mass is 16.6. The van der Waals surface area contributed by atoms with Gasteiger partial charge in [0, 0.05) is 26.3 Å². The van der Waals surface area contributed by atoms with Gasteiger partial charge < -0.3 is 30.3 Å². The summed E-state index contributed by atoms with van der Waals surface area (Å²) in [7, 11) is 1.63. The first-order valence-electron chi connectivity index (χ1n) is 9.93. The Balaban J connectivity index is 1.87. The lowest BCUT2D eigenvalue weighted by Gasteiger charge is -2.19. The molecule has 0 aliphatic rings. The van der Waals surface area contributed by atoms with E-state index in [9.17, 15) is 4.79 Å². The maximum atomic E-state index is 11.6. The van der Waals surface area contributed by atoms with E-state index in [1.807, 2.05) is 39.0 Å². The number of nitrogen functional groups attached to an aromatic ring is 1. The Kier molecular flexibility index (Phi) is 8.88. The summed E-state index contributed by atoms with van der Waals surface area (Å²) in [5, 5.41) is 5.97. The molecule has 1 aromatic carbocycles.